The number of anilines is 1. The Labute approximate surface area is 150 Å². The maximum absolute atomic E-state index is 13.9. The van der Waals surface area contributed by atoms with Crippen LogP contribution in [-0.2, 0) is 4.79 Å². The lowest BCUT2D eigenvalue weighted by Gasteiger charge is -2.17. The van der Waals surface area contributed by atoms with Crippen molar-refractivity contribution in [2.45, 2.75) is 26.2 Å². The zero-order valence-corrected chi connectivity index (χ0v) is 14.6. The number of hydrogen-bond donors (Lipinski definition) is 0. The molecule has 1 aliphatic heterocycles. The summed E-state index contributed by atoms with van der Waals surface area (Å²) in [5, 5.41) is 3.89. The van der Waals surface area contributed by atoms with Crippen molar-refractivity contribution in [3.63, 3.8) is 0 Å². The average Bonchev–Trinajstić information content (AvgIpc) is 3.21. The van der Waals surface area contributed by atoms with E-state index in [0.29, 0.717) is 18.9 Å². The van der Waals surface area contributed by atoms with Crippen molar-refractivity contribution in [2.24, 2.45) is 0 Å². The van der Waals surface area contributed by atoms with Crippen LogP contribution in [0.1, 0.15) is 29.4 Å². The topological polar surface area (TPSA) is 59.2 Å². The molecule has 1 aliphatic rings. The van der Waals surface area contributed by atoms with Gasteiger partial charge in [0.2, 0.25) is 17.6 Å². The van der Waals surface area contributed by atoms with E-state index in [1.54, 1.807) is 23.1 Å². The second-order valence-corrected chi connectivity index (χ2v) is 6.69. The summed E-state index contributed by atoms with van der Waals surface area (Å²) < 4.78 is 19.2. The number of carbonyl (C=O) groups is 1. The van der Waals surface area contributed by atoms with Gasteiger partial charge in [-0.25, -0.2) is 4.39 Å². The summed E-state index contributed by atoms with van der Waals surface area (Å²) in [6.07, 6.45) is 0.298. The molecular formula is C20H18FN3O2. The average molecular weight is 351 g/mol. The molecule has 0 saturated carbocycles. The summed E-state index contributed by atoms with van der Waals surface area (Å²) in [7, 11) is 0. The minimum Gasteiger partial charge on any atom is -0.339 e. The number of rotatable bonds is 3. The molecule has 0 N–H and O–H groups in total. The van der Waals surface area contributed by atoms with E-state index in [1.165, 1.54) is 6.07 Å². The van der Waals surface area contributed by atoms with Crippen LogP contribution < -0.4 is 4.90 Å². The van der Waals surface area contributed by atoms with Gasteiger partial charge in [-0.2, -0.15) is 4.98 Å². The second-order valence-electron chi connectivity index (χ2n) is 6.69. The zero-order chi connectivity index (χ0) is 18.3. The summed E-state index contributed by atoms with van der Waals surface area (Å²) >= 11 is 0. The zero-order valence-electron chi connectivity index (χ0n) is 14.6. The normalized spacial score (nSPS) is 17.1. The highest BCUT2D eigenvalue weighted by molar-refractivity contribution is 5.96. The molecule has 1 unspecified atom stereocenters. The van der Waals surface area contributed by atoms with Gasteiger partial charge in [0.25, 0.3) is 0 Å². The second kappa shape index (κ2) is 6.37. The van der Waals surface area contributed by atoms with E-state index in [-0.39, 0.29) is 23.2 Å². The Kier molecular flexibility index (Phi) is 4.03. The molecule has 1 amide bonds. The molecule has 132 valence electrons. The van der Waals surface area contributed by atoms with Crippen molar-refractivity contribution in [3.8, 4) is 11.4 Å². The third-order valence-corrected chi connectivity index (χ3v) is 4.55. The number of hydrogen-bond acceptors (Lipinski definition) is 4. The van der Waals surface area contributed by atoms with Crippen LogP contribution in [0.25, 0.3) is 11.4 Å². The number of carbonyl (C=O) groups excluding carboxylic acids is 1. The van der Waals surface area contributed by atoms with Crippen LogP contribution in [0.3, 0.4) is 0 Å². The van der Waals surface area contributed by atoms with Crippen molar-refractivity contribution < 1.29 is 13.7 Å². The Morgan fingerprint density at radius 1 is 1.15 bits per heavy atom. The van der Waals surface area contributed by atoms with Gasteiger partial charge in [0.05, 0.1) is 11.5 Å². The van der Waals surface area contributed by atoms with Gasteiger partial charge < -0.3 is 9.42 Å². The standard InChI is InChI=1S/C20H18FN3O2/c1-12-7-13(2)9-15(8-12)24-11-14(10-18(24)25)20-22-19(23-26-20)16-5-3-4-6-17(16)21/h3-9,14H,10-11H2,1-2H3. The molecule has 5 nitrogen and oxygen atoms in total. The SMILES string of the molecule is Cc1cc(C)cc(N2CC(c3nc(-c4ccccc4F)no3)CC2=O)c1. The van der Waals surface area contributed by atoms with Gasteiger partial charge in [-0.05, 0) is 49.2 Å². The van der Waals surface area contributed by atoms with E-state index in [1.807, 2.05) is 26.0 Å². The maximum atomic E-state index is 13.9. The maximum Gasteiger partial charge on any atom is 0.232 e. The smallest absolute Gasteiger partial charge is 0.232 e. The van der Waals surface area contributed by atoms with E-state index >= 15 is 0 Å². The molecule has 2 aromatic carbocycles. The molecule has 6 heteroatoms. The lowest BCUT2D eigenvalue weighted by molar-refractivity contribution is -0.117. The summed E-state index contributed by atoms with van der Waals surface area (Å²) in [6.45, 7) is 4.49. The highest BCUT2D eigenvalue weighted by Crippen LogP contribution is 2.33. The van der Waals surface area contributed by atoms with Gasteiger partial charge in [0.15, 0.2) is 0 Å². The summed E-state index contributed by atoms with van der Waals surface area (Å²) in [4.78, 5) is 18.6. The molecule has 26 heavy (non-hydrogen) atoms. The van der Waals surface area contributed by atoms with Gasteiger partial charge in [0, 0.05) is 18.7 Å². The summed E-state index contributed by atoms with van der Waals surface area (Å²) in [5.41, 5.74) is 3.38. The first kappa shape index (κ1) is 16.4. The molecule has 0 aliphatic carbocycles. The van der Waals surface area contributed by atoms with Gasteiger partial charge in [-0.15, -0.1) is 0 Å². The van der Waals surface area contributed by atoms with Crippen LogP contribution in [0.15, 0.2) is 47.0 Å². The lowest BCUT2D eigenvalue weighted by Crippen LogP contribution is -2.24. The fourth-order valence-corrected chi connectivity index (χ4v) is 3.38. The Morgan fingerprint density at radius 3 is 2.62 bits per heavy atom. The fourth-order valence-electron chi connectivity index (χ4n) is 3.38. The molecule has 0 radical (unpaired) electrons. The highest BCUT2D eigenvalue weighted by atomic mass is 19.1. The van der Waals surface area contributed by atoms with Crippen LogP contribution >= 0.6 is 0 Å². The van der Waals surface area contributed by atoms with Gasteiger partial charge >= 0.3 is 0 Å². The van der Waals surface area contributed by atoms with Gasteiger partial charge in [0.1, 0.15) is 5.82 Å². The largest absolute Gasteiger partial charge is 0.339 e. The van der Waals surface area contributed by atoms with E-state index in [9.17, 15) is 9.18 Å². The van der Waals surface area contributed by atoms with Crippen LogP contribution in [0.2, 0.25) is 0 Å². The van der Waals surface area contributed by atoms with Gasteiger partial charge in [-0.3, -0.25) is 4.79 Å². The van der Waals surface area contributed by atoms with Crippen LogP contribution in [0.4, 0.5) is 10.1 Å². The molecule has 0 bridgehead atoms. The number of aryl methyl sites for hydroxylation is 2. The first-order chi connectivity index (χ1) is 12.5. The molecule has 3 aromatic rings. The summed E-state index contributed by atoms with van der Waals surface area (Å²) in [5.74, 6) is -0.0138. The van der Waals surface area contributed by atoms with Gasteiger partial charge in [-0.1, -0.05) is 23.4 Å². The number of benzene rings is 2. The van der Waals surface area contributed by atoms with Crippen LogP contribution in [-0.4, -0.2) is 22.6 Å². The molecule has 4 rings (SSSR count). The highest BCUT2D eigenvalue weighted by Gasteiger charge is 2.35. The van der Waals surface area contributed by atoms with E-state index < -0.39 is 5.82 Å². The van der Waals surface area contributed by atoms with Crippen molar-refractivity contribution in [3.05, 3.63) is 65.3 Å². The molecule has 0 spiro atoms. The van der Waals surface area contributed by atoms with Crippen molar-refractivity contribution >= 4 is 11.6 Å². The Hall–Kier alpha value is -3.02. The number of halogens is 1. The van der Waals surface area contributed by atoms with E-state index in [4.69, 9.17) is 4.52 Å². The number of aromatic nitrogens is 2. The first-order valence-corrected chi connectivity index (χ1v) is 8.48. The first-order valence-electron chi connectivity index (χ1n) is 8.48. The minimum atomic E-state index is -0.404. The van der Waals surface area contributed by atoms with Crippen molar-refractivity contribution in [1.29, 1.82) is 0 Å². The molecule has 1 aromatic heterocycles. The number of amides is 1. The monoisotopic (exact) mass is 351 g/mol. The lowest BCUT2D eigenvalue weighted by atomic mass is 10.1. The van der Waals surface area contributed by atoms with E-state index in [0.717, 1.165) is 16.8 Å². The molecule has 2 heterocycles. The quantitative estimate of drug-likeness (QED) is 0.715. The third-order valence-electron chi connectivity index (χ3n) is 4.55. The number of nitrogens with zero attached hydrogens (tertiary/aromatic N) is 3. The van der Waals surface area contributed by atoms with E-state index in [2.05, 4.69) is 16.2 Å². The summed E-state index contributed by atoms with van der Waals surface area (Å²) in [6, 6.07) is 12.3. The third kappa shape index (κ3) is 2.98. The van der Waals surface area contributed by atoms with Crippen molar-refractivity contribution in [2.75, 3.05) is 11.4 Å². The Bertz CT molecular complexity index is 962. The van der Waals surface area contributed by atoms with Crippen molar-refractivity contribution in [1.82, 2.24) is 10.1 Å². The fraction of sp³-hybridized carbons (Fsp3) is 0.250. The predicted octanol–water partition coefficient (Wildman–Crippen LogP) is 4.01. The minimum absolute atomic E-state index is 0.0191. The van der Waals surface area contributed by atoms with Crippen LogP contribution in [0, 0.1) is 19.7 Å². The molecule has 1 saturated heterocycles. The molecular weight excluding hydrogens is 333 g/mol. The van der Waals surface area contributed by atoms with Crippen LogP contribution in [0.5, 0.6) is 0 Å². The Morgan fingerprint density at radius 2 is 1.88 bits per heavy atom. The molecule has 1 fully saturated rings. The Balaban J connectivity index is 1.59. The predicted molar refractivity (Wildman–Crippen MR) is 95.3 cm³/mol. The molecule has 1 atom stereocenters.